The van der Waals surface area contributed by atoms with Gasteiger partial charge in [0.15, 0.2) is 6.10 Å². The van der Waals surface area contributed by atoms with Crippen molar-refractivity contribution in [3.63, 3.8) is 0 Å². The lowest BCUT2D eigenvalue weighted by molar-refractivity contribution is -0.127. The number of methoxy groups -OCH3 is 1. The van der Waals surface area contributed by atoms with Gasteiger partial charge in [0.05, 0.1) is 13.2 Å². The van der Waals surface area contributed by atoms with Crippen LogP contribution in [-0.2, 0) is 4.79 Å². The Morgan fingerprint density at radius 3 is 2.20 bits per heavy atom. The lowest BCUT2D eigenvalue weighted by atomic mass is 10.1. The van der Waals surface area contributed by atoms with Crippen molar-refractivity contribution >= 4 is 5.91 Å². The second-order valence-corrected chi connectivity index (χ2v) is 6.07. The second-order valence-electron chi connectivity index (χ2n) is 6.07. The van der Waals surface area contributed by atoms with E-state index in [0.717, 1.165) is 11.3 Å². The second kappa shape index (κ2) is 9.08. The normalized spacial score (nSPS) is 13.2. The highest BCUT2D eigenvalue weighted by Gasteiger charge is 2.19. The summed E-state index contributed by atoms with van der Waals surface area (Å²) in [7, 11) is 5.61. The van der Waals surface area contributed by atoms with Crippen molar-refractivity contribution in [3.05, 3.63) is 60.2 Å². The Hall–Kier alpha value is -2.53. The number of rotatable bonds is 8. The van der Waals surface area contributed by atoms with Gasteiger partial charge in [-0.3, -0.25) is 4.79 Å². The fraction of sp³-hybridized carbons (Fsp3) is 0.350. The topological polar surface area (TPSA) is 50.8 Å². The minimum Gasteiger partial charge on any atom is -0.497 e. The van der Waals surface area contributed by atoms with Crippen LogP contribution in [0.5, 0.6) is 11.5 Å². The molecular weight excluding hydrogens is 316 g/mol. The molecule has 0 aliphatic carbocycles. The maximum Gasteiger partial charge on any atom is 0.260 e. The van der Waals surface area contributed by atoms with Crippen LogP contribution in [0, 0.1) is 0 Å². The fourth-order valence-electron chi connectivity index (χ4n) is 2.53. The van der Waals surface area contributed by atoms with Crippen molar-refractivity contribution in [2.45, 2.75) is 19.1 Å². The summed E-state index contributed by atoms with van der Waals surface area (Å²) in [5.41, 5.74) is 1.16. The summed E-state index contributed by atoms with van der Waals surface area (Å²) in [6.07, 6.45) is -0.577. The fourth-order valence-corrected chi connectivity index (χ4v) is 2.53. The molecule has 0 heterocycles. The van der Waals surface area contributed by atoms with E-state index in [2.05, 4.69) is 22.3 Å². The maximum atomic E-state index is 12.3. The molecule has 0 radical (unpaired) electrons. The van der Waals surface area contributed by atoms with Gasteiger partial charge in [-0.2, -0.15) is 0 Å². The maximum absolute atomic E-state index is 12.3. The third-order valence-electron chi connectivity index (χ3n) is 4.02. The summed E-state index contributed by atoms with van der Waals surface area (Å²) in [5.74, 6) is 1.25. The number of nitrogens with one attached hydrogen (secondary N) is 1. The summed E-state index contributed by atoms with van der Waals surface area (Å²) in [5, 5.41) is 2.97. The summed E-state index contributed by atoms with van der Waals surface area (Å²) in [4.78, 5) is 14.4. The molecule has 1 N–H and O–H groups in total. The van der Waals surface area contributed by atoms with Crippen molar-refractivity contribution in [1.82, 2.24) is 10.2 Å². The molecular formula is C20H26N2O3. The summed E-state index contributed by atoms with van der Waals surface area (Å²) < 4.78 is 10.8. The smallest absolute Gasteiger partial charge is 0.260 e. The lowest BCUT2D eigenvalue weighted by Crippen LogP contribution is -2.40. The van der Waals surface area contributed by atoms with Crippen molar-refractivity contribution in [3.8, 4) is 11.5 Å². The molecule has 2 rings (SSSR count). The summed E-state index contributed by atoms with van der Waals surface area (Å²) >= 11 is 0. The highest BCUT2D eigenvalue weighted by molar-refractivity contribution is 5.80. The SMILES string of the molecule is COc1ccc(OC(C)C(=O)NCC(c2ccccc2)N(C)C)cc1. The number of benzene rings is 2. The number of hydrogen-bond donors (Lipinski definition) is 1. The molecule has 1 amide bonds. The Balaban J connectivity index is 1.91. The van der Waals surface area contributed by atoms with Gasteiger partial charge < -0.3 is 19.7 Å². The molecule has 0 bridgehead atoms. The number of likely N-dealkylation sites (N-methyl/N-ethyl adjacent to an activating group) is 1. The molecule has 2 aromatic carbocycles. The van der Waals surface area contributed by atoms with Crippen molar-refractivity contribution in [1.29, 1.82) is 0 Å². The predicted molar refractivity (Wildman–Crippen MR) is 99.0 cm³/mol. The Kier molecular flexibility index (Phi) is 6.83. The molecule has 0 saturated carbocycles. The van der Waals surface area contributed by atoms with Crippen molar-refractivity contribution < 1.29 is 14.3 Å². The van der Waals surface area contributed by atoms with E-state index in [9.17, 15) is 4.79 Å². The first-order chi connectivity index (χ1) is 12.0. The van der Waals surface area contributed by atoms with E-state index in [4.69, 9.17) is 9.47 Å². The van der Waals surface area contributed by atoms with E-state index in [0.29, 0.717) is 12.3 Å². The van der Waals surface area contributed by atoms with Gasteiger partial charge in [0.2, 0.25) is 0 Å². The molecule has 134 valence electrons. The molecule has 0 aromatic heterocycles. The number of amides is 1. The van der Waals surface area contributed by atoms with Gasteiger partial charge >= 0.3 is 0 Å². The van der Waals surface area contributed by atoms with Crippen LogP contribution in [0.4, 0.5) is 0 Å². The third-order valence-corrected chi connectivity index (χ3v) is 4.02. The van der Waals surface area contributed by atoms with Gasteiger partial charge in [0.25, 0.3) is 5.91 Å². The molecule has 2 atom stereocenters. The Morgan fingerprint density at radius 2 is 1.64 bits per heavy atom. The van der Waals surface area contributed by atoms with E-state index in [1.165, 1.54) is 0 Å². The van der Waals surface area contributed by atoms with Gasteiger partial charge in [0.1, 0.15) is 11.5 Å². The van der Waals surface area contributed by atoms with Crippen LogP contribution in [-0.4, -0.2) is 44.7 Å². The highest BCUT2D eigenvalue weighted by atomic mass is 16.5. The number of nitrogens with zero attached hydrogens (tertiary/aromatic N) is 1. The van der Waals surface area contributed by atoms with Crippen LogP contribution >= 0.6 is 0 Å². The number of hydrogen-bond acceptors (Lipinski definition) is 4. The third kappa shape index (κ3) is 5.50. The first-order valence-electron chi connectivity index (χ1n) is 8.31. The molecule has 2 aromatic rings. The minimum absolute atomic E-state index is 0.110. The average molecular weight is 342 g/mol. The van der Waals surface area contributed by atoms with Crippen LogP contribution < -0.4 is 14.8 Å². The lowest BCUT2D eigenvalue weighted by Gasteiger charge is -2.26. The Labute approximate surface area is 149 Å². The van der Waals surface area contributed by atoms with Crippen LogP contribution in [0.1, 0.15) is 18.5 Å². The van der Waals surface area contributed by atoms with Gasteiger partial charge in [0, 0.05) is 6.54 Å². The Bertz CT molecular complexity index is 656. The molecule has 5 heteroatoms. The first kappa shape index (κ1) is 18.8. The zero-order valence-corrected chi connectivity index (χ0v) is 15.2. The number of ether oxygens (including phenoxy) is 2. The molecule has 0 spiro atoms. The molecule has 0 saturated heterocycles. The molecule has 25 heavy (non-hydrogen) atoms. The van der Waals surface area contributed by atoms with Gasteiger partial charge in [-0.15, -0.1) is 0 Å². The summed E-state index contributed by atoms with van der Waals surface area (Å²) in [6.45, 7) is 2.26. The first-order valence-corrected chi connectivity index (χ1v) is 8.31. The van der Waals surface area contributed by atoms with E-state index in [-0.39, 0.29) is 11.9 Å². The minimum atomic E-state index is -0.577. The largest absolute Gasteiger partial charge is 0.497 e. The number of carbonyl (C=O) groups is 1. The molecule has 0 aliphatic heterocycles. The zero-order valence-electron chi connectivity index (χ0n) is 15.2. The van der Waals surface area contributed by atoms with E-state index in [1.54, 1.807) is 38.3 Å². The van der Waals surface area contributed by atoms with E-state index < -0.39 is 6.10 Å². The van der Waals surface area contributed by atoms with Crippen LogP contribution in [0.3, 0.4) is 0 Å². The van der Waals surface area contributed by atoms with Crippen LogP contribution in [0.2, 0.25) is 0 Å². The van der Waals surface area contributed by atoms with Crippen LogP contribution in [0.15, 0.2) is 54.6 Å². The molecule has 2 unspecified atom stereocenters. The zero-order chi connectivity index (χ0) is 18.2. The van der Waals surface area contributed by atoms with Crippen LogP contribution in [0.25, 0.3) is 0 Å². The monoisotopic (exact) mass is 342 g/mol. The molecule has 0 aliphatic rings. The molecule has 5 nitrogen and oxygen atoms in total. The molecule has 0 fully saturated rings. The van der Waals surface area contributed by atoms with Gasteiger partial charge in [-0.1, -0.05) is 30.3 Å². The van der Waals surface area contributed by atoms with Crippen molar-refractivity contribution in [2.24, 2.45) is 0 Å². The van der Waals surface area contributed by atoms with Crippen molar-refractivity contribution in [2.75, 3.05) is 27.7 Å². The highest BCUT2D eigenvalue weighted by Crippen LogP contribution is 2.19. The quantitative estimate of drug-likeness (QED) is 0.801. The average Bonchev–Trinajstić information content (AvgIpc) is 2.63. The number of carbonyl (C=O) groups excluding carboxylic acids is 1. The standard InChI is InChI=1S/C20H26N2O3/c1-15(25-18-12-10-17(24-4)11-13-18)20(23)21-14-19(22(2)3)16-8-6-5-7-9-16/h5-13,15,19H,14H2,1-4H3,(H,21,23). The van der Waals surface area contributed by atoms with E-state index >= 15 is 0 Å². The van der Waals surface area contributed by atoms with Gasteiger partial charge in [-0.25, -0.2) is 0 Å². The predicted octanol–water partition coefficient (Wildman–Crippen LogP) is 2.88. The Morgan fingerprint density at radius 1 is 1.04 bits per heavy atom. The summed E-state index contributed by atoms with van der Waals surface area (Å²) in [6, 6.07) is 17.4. The van der Waals surface area contributed by atoms with Gasteiger partial charge in [-0.05, 0) is 50.8 Å². The van der Waals surface area contributed by atoms with E-state index in [1.807, 2.05) is 32.3 Å².